The Bertz CT molecular complexity index is 416. The predicted octanol–water partition coefficient (Wildman–Crippen LogP) is 3.68. The molecule has 2 aromatic rings. The summed E-state index contributed by atoms with van der Waals surface area (Å²) >= 11 is 6.51. The van der Waals surface area contributed by atoms with Crippen LogP contribution in [0.5, 0.6) is 0 Å². The smallest absolute Gasteiger partial charge is 0.191 e. The van der Waals surface area contributed by atoms with Gasteiger partial charge in [0, 0.05) is 18.1 Å². The second-order valence-corrected chi connectivity index (χ2v) is 5.10. The molecule has 1 aromatic carbocycles. The molecule has 0 saturated carbocycles. The quantitative estimate of drug-likeness (QED) is 0.873. The lowest BCUT2D eigenvalue weighted by molar-refractivity contribution is 0.794. The molecule has 2 N–H and O–H groups in total. The minimum Gasteiger partial charge on any atom is -0.376 e. The lowest BCUT2D eigenvalue weighted by Gasteiger charge is -2.18. The van der Waals surface area contributed by atoms with Crippen molar-refractivity contribution < 1.29 is 0 Å². The minimum absolute atomic E-state index is 0.406. The molecule has 19 heavy (non-hydrogen) atoms. The molecule has 1 aromatic heterocycles. The van der Waals surface area contributed by atoms with Crippen LogP contribution in [0.4, 0.5) is 5.13 Å². The zero-order valence-electron chi connectivity index (χ0n) is 11.0. The van der Waals surface area contributed by atoms with Crippen molar-refractivity contribution in [3.63, 3.8) is 0 Å². The van der Waals surface area contributed by atoms with Crippen LogP contribution in [0.15, 0.2) is 48.0 Å². The molecule has 0 atom stereocenters. The van der Waals surface area contributed by atoms with Crippen LogP contribution in [-0.4, -0.2) is 16.6 Å². The zero-order chi connectivity index (χ0) is 13.9. The maximum absolute atomic E-state index is 5.59. The van der Waals surface area contributed by atoms with Gasteiger partial charge >= 0.3 is 0 Å². The number of hydrogen-bond donors (Lipinski definition) is 1. The van der Waals surface area contributed by atoms with Gasteiger partial charge in [-0.25, -0.2) is 4.98 Å². The predicted molar refractivity (Wildman–Crippen MR) is 87.6 cm³/mol. The third-order valence-electron chi connectivity index (χ3n) is 2.32. The standard InChI is InChI=1S/C8H13N3S2.C6H6/c1-2-3-5-11(7(9)12)8-10-4-6-13-8;1-2-4-6-5-3-1/h4,6H,2-3,5H2,1H3,(H2,9,12);1-6H. The van der Waals surface area contributed by atoms with Crippen molar-refractivity contribution in [3.05, 3.63) is 48.0 Å². The van der Waals surface area contributed by atoms with Crippen molar-refractivity contribution in [1.29, 1.82) is 0 Å². The average molecular weight is 293 g/mol. The van der Waals surface area contributed by atoms with E-state index in [2.05, 4.69) is 11.9 Å². The molecule has 0 saturated heterocycles. The van der Waals surface area contributed by atoms with Crippen LogP contribution in [0.2, 0.25) is 0 Å². The van der Waals surface area contributed by atoms with Gasteiger partial charge < -0.3 is 5.73 Å². The molecule has 0 radical (unpaired) electrons. The van der Waals surface area contributed by atoms with Crippen LogP contribution in [-0.2, 0) is 0 Å². The van der Waals surface area contributed by atoms with Crippen molar-refractivity contribution in [2.75, 3.05) is 11.4 Å². The van der Waals surface area contributed by atoms with Gasteiger partial charge in [0.05, 0.1) is 0 Å². The van der Waals surface area contributed by atoms with Crippen molar-refractivity contribution >= 4 is 33.8 Å². The average Bonchev–Trinajstić information content (AvgIpc) is 2.95. The first-order chi connectivity index (χ1) is 9.25. The minimum atomic E-state index is 0.406. The van der Waals surface area contributed by atoms with Crippen LogP contribution in [0.1, 0.15) is 19.8 Å². The van der Waals surface area contributed by atoms with Crippen LogP contribution >= 0.6 is 23.6 Å². The molecule has 0 aliphatic rings. The van der Waals surface area contributed by atoms with E-state index in [0.29, 0.717) is 5.11 Å². The van der Waals surface area contributed by atoms with E-state index in [1.807, 2.05) is 46.7 Å². The molecule has 0 bridgehead atoms. The number of rotatable bonds is 4. The van der Waals surface area contributed by atoms with Crippen LogP contribution < -0.4 is 10.6 Å². The number of hydrogen-bond acceptors (Lipinski definition) is 3. The molecule has 0 fully saturated rings. The fraction of sp³-hybridized carbons (Fsp3) is 0.286. The van der Waals surface area contributed by atoms with E-state index in [9.17, 15) is 0 Å². The Kier molecular flexibility index (Phi) is 7.77. The topological polar surface area (TPSA) is 42.1 Å². The van der Waals surface area contributed by atoms with Gasteiger partial charge in [0.25, 0.3) is 0 Å². The number of aromatic nitrogens is 1. The molecule has 0 aliphatic heterocycles. The second-order valence-electron chi connectivity index (χ2n) is 3.81. The highest BCUT2D eigenvalue weighted by molar-refractivity contribution is 7.80. The highest BCUT2D eigenvalue weighted by atomic mass is 32.1. The summed E-state index contributed by atoms with van der Waals surface area (Å²) in [6.07, 6.45) is 3.97. The molecule has 3 nitrogen and oxygen atoms in total. The first-order valence-corrected chi connectivity index (χ1v) is 7.51. The van der Waals surface area contributed by atoms with E-state index in [1.165, 1.54) is 0 Å². The third kappa shape index (κ3) is 6.31. The normalized spacial score (nSPS) is 9.32. The van der Waals surface area contributed by atoms with Crippen molar-refractivity contribution in [2.45, 2.75) is 19.8 Å². The molecule has 102 valence electrons. The Hall–Kier alpha value is -1.46. The summed E-state index contributed by atoms with van der Waals surface area (Å²) in [5, 5.41) is 3.22. The van der Waals surface area contributed by atoms with Gasteiger partial charge in [-0.1, -0.05) is 49.7 Å². The van der Waals surface area contributed by atoms with Crippen molar-refractivity contribution in [1.82, 2.24) is 4.98 Å². The highest BCUT2D eigenvalue weighted by Crippen LogP contribution is 2.17. The number of nitrogens with zero attached hydrogens (tertiary/aromatic N) is 2. The number of nitrogens with two attached hydrogens (primary N) is 1. The van der Waals surface area contributed by atoms with Gasteiger partial charge in [-0.2, -0.15) is 0 Å². The first kappa shape index (κ1) is 15.6. The molecular weight excluding hydrogens is 274 g/mol. The summed E-state index contributed by atoms with van der Waals surface area (Å²) in [4.78, 5) is 6.05. The summed E-state index contributed by atoms with van der Waals surface area (Å²) in [5.74, 6) is 0. The van der Waals surface area contributed by atoms with Gasteiger partial charge in [-0.3, -0.25) is 4.90 Å². The third-order valence-corrected chi connectivity index (χ3v) is 3.33. The molecule has 2 rings (SSSR count). The highest BCUT2D eigenvalue weighted by Gasteiger charge is 2.10. The fourth-order valence-corrected chi connectivity index (χ4v) is 2.27. The Morgan fingerprint density at radius 3 is 2.21 bits per heavy atom. The summed E-state index contributed by atoms with van der Waals surface area (Å²) in [7, 11) is 0. The van der Waals surface area contributed by atoms with E-state index >= 15 is 0 Å². The summed E-state index contributed by atoms with van der Waals surface area (Å²) < 4.78 is 0. The summed E-state index contributed by atoms with van der Waals surface area (Å²) in [5.41, 5.74) is 5.59. The molecule has 1 heterocycles. The molecule has 5 heteroatoms. The Balaban J connectivity index is 0.000000250. The van der Waals surface area contributed by atoms with Gasteiger partial charge in [0.1, 0.15) is 0 Å². The van der Waals surface area contributed by atoms with E-state index in [4.69, 9.17) is 18.0 Å². The van der Waals surface area contributed by atoms with Gasteiger partial charge in [-0.15, -0.1) is 11.3 Å². The molecular formula is C14H19N3S2. The Morgan fingerprint density at radius 2 is 1.84 bits per heavy atom. The largest absolute Gasteiger partial charge is 0.376 e. The fourth-order valence-electron chi connectivity index (χ4n) is 1.35. The maximum atomic E-state index is 5.59. The summed E-state index contributed by atoms with van der Waals surface area (Å²) in [6.45, 7) is 3.00. The molecule has 0 aliphatic carbocycles. The lowest BCUT2D eigenvalue weighted by Crippen LogP contribution is -2.36. The first-order valence-electron chi connectivity index (χ1n) is 6.22. The number of thiazole rings is 1. The zero-order valence-corrected chi connectivity index (χ0v) is 12.7. The van der Waals surface area contributed by atoms with E-state index in [1.54, 1.807) is 17.5 Å². The Labute approximate surface area is 124 Å². The van der Waals surface area contributed by atoms with E-state index in [-0.39, 0.29) is 0 Å². The van der Waals surface area contributed by atoms with Crippen LogP contribution in [0, 0.1) is 0 Å². The number of unbranched alkanes of at least 4 members (excludes halogenated alkanes) is 1. The van der Waals surface area contributed by atoms with Crippen LogP contribution in [0.3, 0.4) is 0 Å². The van der Waals surface area contributed by atoms with E-state index in [0.717, 1.165) is 24.5 Å². The molecule has 0 spiro atoms. The number of anilines is 1. The second kappa shape index (κ2) is 9.47. The van der Waals surface area contributed by atoms with E-state index < -0.39 is 0 Å². The monoisotopic (exact) mass is 293 g/mol. The van der Waals surface area contributed by atoms with Crippen molar-refractivity contribution in [3.8, 4) is 0 Å². The lowest BCUT2D eigenvalue weighted by atomic mass is 10.3. The van der Waals surface area contributed by atoms with Crippen LogP contribution in [0.25, 0.3) is 0 Å². The van der Waals surface area contributed by atoms with Gasteiger partial charge in [0.15, 0.2) is 10.2 Å². The maximum Gasteiger partial charge on any atom is 0.191 e. The Morgan fingerprint density at radius 1 is 1.26 bits per heavy atom. The molecule has 0 unspecified atom stereocenters. The SMILES string of the molecule is CCCCN(C(N)=S)c1nccs1.c1ccccc1. The number of benzene rings is 1. The van der Waals surface area contributed by atoms with Gasteiger partial charge in [-0.05, 0) is 18.6 Å². The number of thiocarbonyl (C=S) groups is 1. The molecule has 0 amide bonds. The summed E-state index contributed by atoms with van der Waals surface area (Å²) in [6, 6.07) is 12.0. The van der Waals surface area contributed by atoms with Crippen molar-refractivity contribution in [2.24, 2.45) is 5.73 Å². The van der Waals surface area contributed by atoms with Gasteiger partial charge in [0.2, 0.25) is 0 Å².